The number of thiazole rings is 1. The van der Waals surface area contributed by atoms with E-state index >= 15 is 4.39 Å². The van der Waals surface area contributed by atoms with E-state index in [9.17, 15) is 18.5 Å². The third-order valence-electron chi connectivity index (χ3n) is 7.38. The molecule has 220 valence electrons. The fraction of sp³-hybridized carbons (Fsp3) is 0.194. The van der Waals surface area contributed by atoms with Gasteiger partial charge < -0.3 is 9.84 Å². The predicted octanol–water partition coefficient (Wildman–Crippen LogP) is 6.17. The normalized spacial score (nSPS) is 13.7. The van der Waals surface area contributed by atoms with Gasteiger partial charge in [0.15, 0.2) is 5.69 Å². The van der Waals surface area contributed by atoms with Gasteiger partial charge in [0.05, 0.1) is 23.4 Å². The number of nitrogens with zero attached hydrogens (tertiary/aromatic N) is 3. The average molecular weight is 621 g/mol. The first kappa shape index (κ1) is 28.8. The molecule has 2 aromatic heterocycles. The van der Waals surface area contributed by atoms with Crippen molar-refractivity contribution in [3.05, 3.63) is 100 Å². The minimum absolute atomic E-state index is 0.0921. The van der Waals surface area contributed by atoms with Crippen molar-refractivity contribution >= 4 is 28.3 Å². The third-order valence-corrected chi connectivity index (χ3v) is 8.96. The SMILES string of the molecule is COc1cccc(-c2cc(-c3nn(-c4nc(C(=O)O)cs4)c(CC4CC4)c3Cc3ccc(S(N)=O)c(F)c3)ccc2F)c1. The highest BCUT2D eigenvalue weighted by molar-refractivity contribution is 7.82. The first-order chi connectivity index (χ1) is 20.7. The molecule has 0 radical (unpaired) electrons. The minimum Gasteiger partial charge on any atom is -0.497 e. The molecule has 0 amide bonds. The van der Waals surface area contributed by atoms with Crippen molar-refractivity contribution in [1.29, 1.82) is 0 Å². The van der Waals surface area contributed by atoms with Gasteiger partial charge in [-0.3, -0.25) is 0 Å². The van der Waals surface area contributed by atoms with Crippen molar-refractivity contribution in [3.8, 4) is 33.3 Å². The second-order valence-electron chi connectivity index (χ2n) is 10.3. The number of halogens is 2. The molecule has 1 atom stereocenters. The van der Waals surface area contributed by atoms with E-state index in [1.54, 1.807) is 54.3 Å². The maximum absolute atomic E-state index is 15.2. The Balaban J connectivity index is 1.54. The number of ether oxygens (including phenoxy) is 1. The van der Waals surface area contributed by atoms with Gasteiger partial charge in [-0.05, 0) is 78.8 Å². The van der Waals surface area contributed by atoms with Crippen LogP contribution in [0.3, 0.4) is 0 Å². The Hall–Kier alpha value is -4.26. The molecule has 1 unspecified atom stereocenters. The standard InChI is InChI=1S/C31H26F2N4O4S2/c1-41-21-4-2-3-19(14-21)22-15-20(8-9-24(22)32)29-23(11-18-7-10-28(43(34)40)25(33)12-18)27(13-17-5-6-17)37(36-29)31-35-26(16-42-31)30(38)39/h2-4,7-10,12,14-17H,5-6,11,13,34H2,1H3,(H,38,39). The van der Waals surface area contributed by atoms with E-state index in [1.165, 1.54) is 23.6 Å². The van der Waals surface area contributed by atoms with Crippen LogP contribution in [-0.2, 0) is 23.8 Å². The van der Waals surface area contributed by atoms with Gasteiger partial charge in [-0.25, -0.2) is 32.6 Å². The van der Waals surface area contributed by atoms with E-state index in [-0.39, 0.29) is 17.0 Å². The van der Waals surface area contributed by atoms with Crippen molar-refractivity contribution in [2.45, 2.75) is 30.6 Å². The van der Waals surface area contributed by atoms with Gasteiger partial charge in [-0.1, -0.05) is 18.2 Å². The summed E-state index contributed by atoms with van der Waals surface area (Å²) >= 11 is 1.16. The molecule has 0 bridgehead atoms. The molecule has 0 spiro atoms. The monoisotopic (exact) mass is 620 g/mol. The highest BCUT2D eigenvalue weighted by Crippen LogP contribution is 2.39. The second kappa shape index (κ2) is 11.8. The zero-order valence-electron chi connectivity index (χ0n) is 22.9. The van der Waals surface area contributed by atoms with Crippen LogP contribution in [0.2, 0.25) is 0 Å². The van der Waals surface area contributed by atoms with Crippen molar-refractivity contribution in [2.75, 3.05) is 7.11 Å². The molecular weight excluding hydrogens is 594 g/mol. The summed E-state index contributed by atoms with van der Waals surface area (Å²) < 4.78 is 48.8. The Kier molecular flexibility index (Phi) is 7.91. The van der Waals surface area contributed by atoms with Gasteiger partial charge >= 0.3 is 5.97 Å². The summed E-state index contributed by atoms with van der Waals surface area (Å²) in [6.45, 7) is 0. The molecule has 0 aliphatic heterocycles. The number of carbonyl (C=O) groups is 1. The smallest absolute Gasteiger partial charge is 0.355 e. The van der Waals surface area contributed by atoms with Crippen LogP contribution in [0.15, 0.2) is 70.9 Å². The largest absolute Gasteiger partial charge is 0.497 e. The lowest BCUT2D eigenvalue weighted by molar-refractivity contribution is 0.0691. The van der Waals surface area contributed by atoms with E-state index < -0.39 is 28.6 Å². The van der Waals surface area contributed by atoms with Crippen molar-refractivity contribution < 1.29 is 27.6 Å². The van der Waals surface area contributed by atoms with Gasteiger partial charge in [0.2, 0.25) is 5.13 Å². The van der Waals surface area contributed by atoms with E-state index in [1.807, 2.05) is 0 Å². The number of hydrogen-bond donors (Lipinski definition) is 2. The van der Waals surface area contributed by atoms with Gasteiger partial charge in [-0.15, -0.1) is 11.3 Å². The van der Waals surface area contributed by atoms with Gasteiger partial charge in [0, 0.05) is 28.5 Å². The van der Waals surface area contributed by atoms with Gasteiger partial charge in [0.1, 0.15) is 28.4 Å². The van der Waals surface area contributed by atoms with Crippen LogP contribution >= 0.6 is 11.3 Å². The van der Waals surface area contributed by atoms with Crippen LogP contribution in [0.25, 0.3) is 27.5 Å². The number of aromatic nitrogens is 3. The number of hydrogen-bond acceptors (Lipinski definition) is 6. The van der Waals surface area contributed by atoms with E-state index in [2.05, 4.69) is 4.98 Å². The van der Waals surface area contributed by atoms with Crippen LogP contribution in [0.5, 0.6) is 5.75 Å². The number of rotatable bonds is 10. The molecule has 5 aromatic rings. The highest BCUT2D eigenvalue weighted by Gasteiger charge is 2.29. The van der Waals surface area contributed by atoms with E-state index in [0.717, 1.165) is 35.4 Å². The summed E-state index contributed by atoms with van der Waals surface area (Å²) in [7, 11) is -0.429. The summed E-state index contributed by atoms with van der Waals surface area (Å²) in [5.74, 6) is -1.24. The second-order valence-corrected chi connectivity index (χ2v) is 12.2. The van der Waals surface area contributed by atoms with Crippen LogP contribution in [0, 0.1) is 17.6 Å². The number of carboxylic acids is 1. The van der Waals surface area contributed by atoms with Crippen molar-refractivity contribution in [3.63, 3.8) is 0 Å². The van der Waals surface area contributed by atoms with Crippen LogP contribution in [0.4, 0.5) is 8.78 Å². The molecule has 3 aromatic carbocycles. The first-order valence-corrected chi connectivity index (χ1v) is 15.5. The first-order valence-electron chi connectivity index (χ1n) is 13.4. The zero-order chi connectivity index (χ0) is 30.2. The molecule has 6 rings (SSSR count). The summed E-state index contributed by atoms with van der Waals surface area (Å²) in [5, 5.41) is 21.7. The van der Waals surface area contributed by atoms with Crippen molar-refractivity contribution in [1.82, 2.24) is 14.8 Å². The molecule has 43 heavy (non-hydrogen) atoms. The number of aromatic carboxylic acids is 1. The molecule has 1 aliphatic carbocycles. The summed E-state index contributed by atoms with van der Waals surface area (Å²) in [6.07, 6.45) is 3.00. The molecule has 2 heterocycles. The highest BCUT2D eigenvalue weighted by atomic mass is 32.2. The fourth-order valence-electron chi connectivity index (χ4n) is 5.03. The number of benzene rings is 3. The van der Waals surface area contributed by atoms with Gasteiger partial charge in [0.25, 0.3) is 0 Å². The van der Waals surface area contributed by atoms with Crippen LogP contribution in [-0.4, -0.2) is 37.2 Å². The number of methoxy groups -OCH3 is 1. The number of carboxylic acid groups (broad SMARTS) is 1. The Labute approximate surface area is 252 Å². The van der Waals surface area contributed by atoms with Crippen molar-refractivity contribution in [2.24, 2.45) is 11.1 Å². The quantitative estimate of drug-likeness (QED) is 0.193. The molecule has 3 N–H and O–H groups in total. The average Bonchev–Trinajstić information content (AvgIpc) is 3.55. The molecule has 1 fully saturated rings. The molecular formula is C31H26F2N4O4S2. The molecule has 8 nitrogen and oxygen atoms in total. The lowest BCUT2D eigenvalue weighted by atomic mass is 9.95. The topological polar surface area (TPSA) is 120 Å². The summed E-state index contributed by atoms with van der Waals surface area (Å²) in [6, 6.07) is 16.2. The Morgan fingerprint density at radius 3 is 2.60 bits per heavy atom. The molecule has 1 aliphatic rings. The third kappa shape index (κ3) is 5.99. The lowest BCUT2D eigenvalue weighted by Crippen LogP contribution is -2.07. The minimum atomic E-state index is -1.97. The zero-order valence-corrected chi connectivity index (χ0v) is 24.6. The lowest BCUT2D eigenvalue weighted by Gasteiger charge is -2.11. The van der Waals surface area contributed by atoms with E-state index in [0.29, 0.717) is 51.2 Å². The maximum Gasteiger partial charge on any atom is 0.355 e. The Morgan fingerprint density at radius 1 is 1.12 bits per heavy atom. The fourth-order valence-corrected chi connectivity index (χ4v) is 6.26. The van der Waals surface area contributed by atoms with Gasteiger partial charge in [-0.2, -0.15) is 5.10 Å². The van der Waals surface area contributed by atoms with Crippen LogP contribution < -0.4 is 9.88 Å². The molecule has 0 saturated heterocycles. The predicted molar refractivity (Wildman–Crippen MR) is 160 cm³/mol. The maximum atomic E-state index is 15.2. The summed E-state index contributed by atoms with van der Waals surface area (Å²) in [4.78, 5) is 15.8. The van der Waals surface area contributed by atoms with E-state index in [4.69, 9.17) is 15.0 Å². The summed E-state index contributed by atoms with van der Waals surface area (Å²) in [5.41, 5.74) is 4.25. The van der Waals surface area contributed by atoms with Crippen LogP contribution in [0.1, 0.15) is 40.2 Å². The molecule has 12 heteroatoms. The molecule has 1 saturated carbocycles. The Bertz CT molecular complexity index is 1880. The Morgan fingerprint density at radius 2 is 1.93 bits per heavy atom. The number of nitrogens with two attached hydrogens (primary N) is 1.